The molecule has 0 aromatic heterocycles. The Kier molecular flexibility index (Phi) is 2.32. The van der Waals surface area contributed by atoms with Gasteiger partial charge >= 0.3 is 0 Å². The Bertz CT molecular complexity index is 249. The number of carbonyl (C=O) groups is 1. The second-order valence-electron chi connectivity index (χ2n) is 1.81. The van der Waals surface area contributed by atoms with Gasteiger partial charge in [0.1, 0.15) is 0 Å². The molecule has 0 spiro atoms. The van der Waals surface area contributed by atoms with Crippen LogP contribution in [0.3, 0.4) is 0 Å². The Morgan fingerprint density at radius 2 is 2.18 bits per heavy atom. The zero-order valence-electron chi connectivity index (χ0n) is 5.65. The number of phenols is 1. The summed E-state index contributed by atoms with van der Waals surface area (Å²) in [6, 6.07) is 6.33. The lowest BCUT2D eigenvalue weighted by atomic mass is 10.3. The quantitative estimate of drug-likeness (QED) is 0.489. The zero-order valence-corrected chi connectivity index (χ0v) is 5.65. The van der Waals surface area contributed by atoms with E-state index in [9.17, 15) is 4.79 Å². The fraction of sp³-hybridized carbons (Fsp3) is 0. The average Bonchev–Trinajstić information content (AvgIpc) is 2.03. The van der Waals surface area contributed by atoms with Crippen molar-refractivity contribution in [1.29, 1.82) is 0 Å². The van der Waals surface area contributed by atoms with Crippen molar-refractivity contribution in [1.82, 2.24) is 5.48 Å². The molecule has 0 aliphatic rings. The molecule has 1 rings (SSSR count). The highest BCUT2D eigenvalue weighted by atomic mass is 16.7. The van der Waals surface area contributed by atoms with Crippen LogP contribution in [0.15, 0.2) is 24.3 Å². The van der Waals surface area contributed by atoms with Gasteiger partial charge in [-0.05, 0) is 12.1 Å². The lowest BCUT2D eigenvalue weighted by Gasteiger charge is -2.02. The van der Waals surface area contributed by atoms with Crippen molar-refractivity contribution >= 4 is 6.41 Å². The number of amides is 1. The van der Waals surface area contributed by atoms with Crippen LogP contribution in [-0.4, -0.2) is 11.5 Å². The Balaban J connectivity index is 2.69. The molecule has 1 aromatic carbocycles. The highest BCUT2D eigenvalue weighted by molar-refractivity contribution is 5.46. The molecule has 0 aliphatic carbocycles. The van der Waals surface area contributed by atoms with E-state index in [-0.39, 0.29) is 11.5 Å². The molecule has 0 saturated carbocycles. The molecular weight excluding hydrogens is 146 g/mol. The highest BCUT2D eigenvalue weighted by Gasteiger charge is 1.97. The predicted octanol–water partition coefficient (Wildman–Crippen LogP) is 0.432. The summed E-state index contributed by atoms with van der Waals surface area (Å²) < 4.78 is 0. The number of rotatable bonds is 3. The number of carbonyl (C=O) groups excluding carboxylic acids is 1. The van der Waals surface area contributed by atoms with Crippen molar-refractivity contribution in [2.75, 3.05) is 0 Å². The molecule has 0 bridgehead atoms. The molecule has 1 amide bonds. The Morgan fingerprint density at radius 3 is 2.82 bits per heavy atom. The van der Waals surface area contributed by atoms with Crippen LogP contribution in [0.25, 0.3) is 0 Å². The Hall–Kier alpha value is -1.71. The van der Waals surface area contributed by atoms with E-state index < -0.39 is 0 Å². The maximum absolute atomic E-state index is 9.77. The number of nitrogens with one attached hydrogen (secondary N) is 1. The number of hydrogen-bond donors (Lipinski definition) is 2. The van der Waals surface area contributed by atoms with Crippen LogP contribution in [0.5, 0.6) is 11.5 Å². The number of benzene rings is 1. The van der Waals surface area contributed by atoms with Crippen LogP contribution in [-0.2, 0) is 4.79 Å². The molecule has 0 unspecified atom stereocenters. The summed E-state index contributed by atoms with van der Waals surface area (Å²) in [5.74, 6) is 0.210. The van der Waals surface area contributed by atoms with Crippen LogP contribution >= 0.6 is 0 Å². The first-order chi connectivity index (χ1) is 5.34. The number of phenolic OH excluding ortho intramolecular Hbond substituents is 1. The molecular formula is C7H7NO3. The highest BCUT2D eigenvalue weighted by Crippen LogP contribution is 2.22. The standard InChI is InChI=1S/C7H7NO3/c9-5-8-11-7-4-2-1-3-6(7)10/h1-5,10H,(H,8,9). The molecule has 2 N–H and O–H groups in total. The summed E-state index contributed by atoms with van der Waals surface area (Å²) in [5, 5.41) is 9.06. The maximum atomic E-state index is 9.77. The van der Waals surface area contributed by atoms with E-state index in [0.717, 1.165) is 0 Å². The van der Waals surface area contributed by atoms with Gasteiger partial charge in [-0.25, -0.2) is 0 Å². The second-order valence-corrected chi connectivity index (χ2v) is 1.81. The fourth-order valence-electron chi connectivity index (χ4n) is 0.631. The SMILES string of the molecule is O=CNOc1ccccc1O. The van der Waals surface area contributed by atoms with Crippen LogP contribution < -0.4 is 10.3 Å². The molecule has 11 heavy (non-hydrogen) atoms. The molecule has 0 heterocycles. The van der Waals surface area contributed by atoms with Crippen LogP contribution in [0, 0.1) is 0 Å². The molecule has 0 fully saturated rings. The third-order valence-electron chi connectivity index (χ3n) is 1.08. The van der Waals surface area contributed by atoms with Gasteiger partial charge in [-0.15, -0.1) is 0 Å². The zero-order chi connectivity index (χ0) is 8.10. The number of aromatic hydroxyl groups is 1. The van der Waals surface area contributed by atoms with E-state index in [1.54, 1.807) is 12.1 Å². The van der Waals surface area contributed by atoms with Crippen molar-refractivity contribution in [3.63, 3.8) is 0 Å². The van der Waals surface area contributed by atoms with Gasteiger partial charge in [-0.2, -0.15) is 5.48 Å². The van der Waals surface area contributed by atoms with Crippen molar-refractivity contribution in [3.05, 3.63) is 24.3 Å². The molecule has 0 radical (unpaired) electrons. The van der Waals surface area contributed by atoms with E-state index in [4.69, 9.17) is 5.11 Å². The van der Waals surface area contributed by atoms with Gasteiger partial charge in [0.15, 0.2) is 11.5 Å². The average molecular weight is 153 g/mol. The topological polar surface area (TPSA) is 58.6 Å². The maximum Gasteiger partial charge on any atom is 0.239 e. The molecule has 0 atom stereocenters. The lowest BCUT2D eigenvalue weighted by Crippen LogP contribution is -2.15. The van der Waals surface area contributed by atoms with E-state index in [1.165, 1.54) is 12.1 Å². The first kappa shape index (κ1) is 7.40. The third-order valence-corrected chi connectivity index (χ3v) is 1.08. The fourth-order valence-corrected chi connectivity index (χ4v) is 0.631. The smallest absolute Gasteiger partial charge is 0.239 e. The van der Waals surface area contributed by atoms with Gasteiger partial charge < -0.3 is 9.94 Å². The summed E-state index contributed by atoms with van der Waals surface area (Å²) in [7, 11) is 0. The minimum Gasteiger partial charge on any atom is -0.504 e. The molecule has 58 valence electrons. The third kappa shape index (κ3) is 1.86. The summed E-state index contributed by atoms with van der Waals surface area (Å²) in [4.78, 5) is 14.4. The predicted molar refractivity (Wildman–Crippen MR) is 37.9 cm³/mol. The van der Waals surface area contributed by atoms with E-state index in [1.807, 2.05) is 5.48 Å². The summed E-state index contributed by atoms with van der Waals surface area (Å²) in [5.41, 5.74) is 1.96. The Labute approximate surface area is 63.4 Å². The first-order valence-electron chi connectivity index (χ1n) is 2.98. The molecule has 1 aromatic rings. The largest absolute Gasteiger partial charge is 0.504 e. The van der Waals surface area contributed by atoms with Crippen molar-refractivity contribution in [2.45, 2.75) is 0 Å². The van der Waals surface area contributed by atoms with E-state index in [2.05, 4.69) is 4.84 Å². The molecule has 4 nitrogen and oxygen atoms in total. The first-order valence-corrected chi connectivity index (χ1v) is 2.98. The Morgan fingerprint density at radius 1 is 1.45 bits per heavy atom. The van der Waals surface area contributed by atoms with Gasteiger partial charge in [0.25, 0.3) is 0 Å². The lowest BCUT2D eigenvalue weighted by molar-refractivity contribution is -0.115. The number of hydrogen-bond acceptors (Lipinski definition) is 3. The second kappa shape index (κ2) is 3.46. The minimum atomic E-state index is -0.0122. The molecule has 0 saturated heterocycles. The minimum absolute atomic E-state index is 0.0122. The van der Waals surface area contributed by atoms with Crippen molar-refractivity contribution in [3.8, 4) is 11.5 Å². The van der Waals surface area contributed by atoms with Gasteiger partial charge in [0, 0.05) is 0 Å². The number of para-hydroxylation sites is 2. The van der Waals surface area contributed by atoms with Gasteiger partial charge in [0.05, 0.1) is 0 Å². The van der Waals surface area contributed by atoms with Crippen molar-refractivity contribution < 1.29 is 14.7 Å². The van der Waals surface area contributed by atoms with Gasteiger partial charge in [-0.1, -0.05) is 12.1 Å². The van der Waals surface area contributed by atoms with E-state index >= 15 is 0 Å². The van der Waals surface area contributed by atoms with Gasteiger partial charge in [0.2, 0.25) is 6.41 Å². The molecule has 4 heteroatoms. The summed E-state index contributed by atoms with van der Waals surface area (Å²) in [6.07, 6.45) is 0.381. The van der Waals surface area contributed by atoms with Crippen LogP contribution in [0.1, 0.15) is 0 Å². The monoisotopic (exact) mass is 153 g/mol. The summed E-state index contributed by atoms with van der Waals surface area (Å²) >= 11 is 0. The normalized spacial score (nSPS) is 8.73. The molecule has 0 aliphatic heterocycles. The van der Waals surface area contributed by atoms with Crippen LogP contribution in [0.4, 0.5) is 0 Å². The van der Waals surface area contributed by atoms with E-state index in [0.29, 0.717) is 6.41 Å². The number of hydroxylamine groups is 1. The van der Waals surface area contributed by atoms with Gasteiger partial charge in [-0.3, -0.25) is 4.79 Å². The van der Waals surface area contributed by atoms with Crippen LogP contribution in [0.2, 0.25) is 0 Å². The summed E-state index contributed by atoms with van der Waals surface area (Å²) in [6.45, 7) is 0. The van der Waals surface area contributed by atoms with Crippen molar-refractivity contribution in [2.24, 2.45) is 0 Å².